The van der Waals surface area contributed by atoms with Crippen molar-refractivity contribution in [3.05, 3.63) is 0 Å². The van der Waals surface area contributed by atoms with Crippen molar-refractivity contribution in [1.29, 1.82) is 0 Å². The maximum Gasteiger partial charge on any atom is 0.0278 e. The maximum atomic E-state index is 6.36. The Morgan fingerprint density at radius 3 is 2.19 bits per heavy atom. The van der Waals surface area contributed by atoms with Crippen LogP contribution < -0.4 is 5.73 Å². The van der Waals surface area contributed by atoms with Crippen LogP contribution in [-0.4, -0.2) is 30.6 Å². The van der Waals surface area contributed by atoms with Crippen LogP contribution >= 0.6 is 0 Å². The molecule has 16 heavy (non-hydrogen) atoms. The summed E-state index contributed by atoms with van der Waals surface area (Å²) >= 11 is 0. The van der Waals surface area contributed by atoms with Crippen LogP contribution in [0.1, 0.15) is 58.8 Å². The normalized spacial score (nSPS) is 19.3. The van der Waals surface area contributed by atoms with Crippen LogP contribution in [0.3, 0.4) is 0 Å². The fourth-order valence-electron chi connectivity index (χ4n) is 2.89. The Balaban J connectivity index is 2.30. The molecule has 0 aromatic carbocycles. The molecular weight excluding hydrogens is 196 g/mol. The lowest BCUT2D eigenvalue weighted by Gasteiger charge is -2.34. The van der Waals surface area contributed by atoms with Gasteiger partial charge < -0.3 is 10.6 Å². The van der Waals surface area contributed by atoms with E-state index < -0.39 is 0 Å². The lowest BCUT2D eigenvalue weighted by molar-refractivity contribution is 0.186. The molecule has 0 aliphatic heterocycles. The van der Waals surface area contributed by atoms with Crippen LogP contribution in [0.15, 0.2) is 0 Å². The second-order valence-electron chi connectivity index (χ2n) is 5.77. The Labute approximate surface area is 102 Å². The van der Waals surface area contributed by atoms with Gasteiger partial charge in [-0.15, -0.1) is 0 Å². The van der Waals surface area contributed by atoms with Crippen molar-refractivity contribution in [3.63, 3.8) is 0 Å². The van der Waals surface area contributed by atoms with Crippen molar-refractivity contribution in [1.82, 2.24) is 4.90 Å². The third-order valence-electron chi connectivity index (χ3n) is 4.29. The highest BCUT2D eigenvalue weighted by atomic mass is 15.1. The highest BCUT2D eigenvalue weighted by Gasteiger charge is 2.24. The summed E-state index contributed by atoms with van der Waals surface area (Å²) in [6.45, 7) is 6.71. The van der Waals surface area contributed by atoms with Gasteiger partial charge in [0.2, 0.25) is 0 Å². The minimum Gasteiger partial charge on any atom is -0.324 e. The third-order valence-corrected chi connectivity index (χ3v) is 4.29. The molecule has 1 saturated carbocycles. The van der Waals surface area contributed by atoms with E-state index in [1.54, 1.807) is 0 Å². The molecule has 96 valence electrons. The topological polar surface area (TPSA) is 29.3 Å². The second-order valence-corrected chi connectivity index (χ2v) is 5.77. The molecule has 0 radical (unpaired) electrons. The highest BCUT2D eigenvalue weighted by molar-refractivity contribution is 4.84. The molecule has 1 aliphatic carbocycles. The standard InChI is InChI=1S/C14H30N2/c1-4-14(15,5-2)12-16(3)11-13-9-7-6-8-10-13/h13H,4-12,15H2,1-3H3. The average Bonchev–Trinajstić information content (AvgIpc) is 2.30. The van der Waals surface area contributed by atoms with Crippen LogP contribution in [0.2, 0.25) is 0 Å². The van der Waals surface area contributed by atoms with Crippen molar-refractivity contribution < 1.29 is 0 Å². The Kier molecular flexibility index (Phi) is 5.77. The van der Waals surface area contributed by atoms with Gasteiger partial charge in [-0.1, -0.05) is 33.1 Å². The molecule has 0 atom stereocenters. The predicted molar refractivity (Wildman–Crippen MR) is 71.6 cm³/mol. The molecule has 0 spiro atoms. The lowest BCUT2D eigenvalue weighted by Crippen LogP contribution is -2.49. The fraction of sp³-hybridized carbons (Fsp3) is 1.00. The largest absolute Gasteiger partial charge is 0.324 e. The molecule has 0 amide bonds. The molecule has 2 heteroatoms. The molecular formula is C14H30N2. The maximum absolute atomic E-state index is 6.36. The molecule has 0 heterocycles. The average molecular weight is 226 g/mol. The summed E-state index contributed by atoms with van der Waals surface area (Å²) in [7, 11) is 2.24. The zero-order chi connectivity index (χ0) is 12.0. The zero-order valence-electron chi connectivity index (χ0n) is 11.5. The molecule has 1 fully saturated rings. The van der Waals surface area contributed by atoms with E-state index in [0.717, 1.165) is 25.3 Å². The van der Waals surface area contributed by atoms with E-state index in [4.69, 9.17) is 5.73 Å². The zero-order valence-corrected chi connectivity index (χ0v) is 11.5. The van der Waals surface area contributed by atoms with Gasteiger partial charge in [0.25, 0.3) is 0 Å². The van der Waals surface area contributed by atoms with E-state index in [9.17, 15) is 0 Å². The number of hydrogen-bond donors (Lipinski definition) is 1. The quantitative estimate of drug-likeness (QED) is 0.754. The van der Waals surface area contributed by atoms with Crippen LogP contribution in [0, 0.1) is 5.92 Å². The molecule has 0 aromatic heterocycles. The fourth-order valence-corrected chi connectivity index (χ4v) is 2.89. The second kappa shape index (κ2) is 6.61. The molecule has 1 rings (SSSR count). The van der Waals surface area contributed by atoms with Crippen molar-refractivity contribution >= 4 is 0 Å². The Bertz CT molecular complexity index is 181. The van der Waals surface area contributed by atoms with Crippen molar-refractivity contribution in [2.75, 3.05) is 20.1 Å². The van der Waals surface area contributed by atoms with Gasteiger partial charge in [-0.05, 0) is 38.6 Å². The van der Waals surface area contributed by atoms with Crippen molar-refractivity contribution in [3.8, 4) is 0 Å². The smallest absolute Gasteiger partial charge is 0.0278 e. The third kappa shape index (κ3) is 4.42. The molecule has 0 saturated heterocycles. The van der Waals surface area contributed by atoms with Gasteiger partial charge in [0.05, 0.1) is 0 Å². The van der Waals surface area contributed by atoms with E-state index in [0.29, 0.717) is 0 Å². The molecule has 0 unspecified atom stereocenters. The van der Waals surface area contributed by atoms with Gasteiger partial charge in [0.15, 0.2) is 0 Å². The summed E-state index contributed by atoms with van der Waals surface area (Å²) in [5.41, 5.74) is 6.39. The molecule has 1 aliphatic rings. The van der Waals surface area contributed by atoms with Gasteiger partial charge in [-0.3, -0.25) is 0 Å². The van der Waals surface area contributed by atoms with Gasteiger partial charge in [0, 0.05) is 18.6 Å². The first-order chi connectivity index (χ1) is 7.59. The monoisotopic (exact) mass is 226 g/mol. The predicted octanol–water partition coefficient (Wildman–Crippen LogP) is 3.02. The summed E-state index contributed by atoms with van der Waals surface area (Å²) in [5.74, 6) is 0.928. The van der Waals surface area contributed by atoms with Crippen molar-refractivity contribution in [2.45, 2.75) is 64.3 Å². The molecule has 0 bridgehead atoms. The first kappa shape index (κ1) is 14.0. The van der Waals surface area contributed by atoms with Crippen LogP contribution in [0.25, 0.3) is 0 Å². The van der Waals surface area contributed by atoms with Crippen LogP contribution in [0.5, 0.6) is 0 Å². The summed E-state index contributed by atoms with van der Waals surface area (Å²) in [5, 5.41) is 0. The first-order valence-electron chi connectivity index (χ1n) is 7.07. The van der Waals surface area contributed by atoms with Crippen LogP contribution in [-0.2, 0) is 0 Å². The SMILES string of the molecule is CCC(N)(CC)CN(C)CC1CCCCC1. The number of likely N-dealkylation sites (N-methyl/N-ethyl adjacent to an activating group) is 1. The first-order valence-corrected chi connectivity index (χ1v) is 7.07. The van der Waals surface area contributed by atoms with E-state index >= 15 is 0 Å². The Hall–Kier alpha value is -0.0800. The Morgan fingerprint density at radius 1 is 1.12 bits per heavy atom. The van der Waals surface area contributed by atoms with Gasteiger partial charge >= 0.3 is 0 Å². The molecule has 2 nitrogen and oxygen atoms in total. The van der Waals surface area contributed by atoms with Crippen LogP contribution in [0.4, 0.5) is 0 Å². The minimum absolute atomic E-state index is 0.0312. The summed E-state index contributed by atoms with van der Waals surface area (Å²) < 4.78 is 0. The minimum atomic E-state index is 0.0312. The number of hydrogen-bond acceptors (Lipinski definition) is 2. The summed E-state index contributed by atoms with van der Waals surface area (Å²) in [6, 6.07) is 0. The van der Waals surface area contributed by atoms with Gasteiger partial charge in [-0.2, -0.15) is 0 Å². The number of rotatable bonds is 6. The Morgan fingerprint density at radius 2 is 1.69 bits per heavy atom. The van der Waals surface area contributed by atoms with E-state index in [-0.39, 0.29) is 5.54 Å². The molecule has 2 N–H and O–H groups in total. The molecule has 0 aromatic rings. The highest BCUT2D eigenvalue weighted by Crippen LogP contribution is 2.24. The van der Waals surface area contributed by atoms with Crippen molar-refractivity contribution in [2.24, 2.45) is 11.7 Å². The number of nitrogens with two attached hydrogens (primary N) is 1. The van der Waals surface area contributed by atoms with E-state index in [1.165, 1.54) is 38.6 Å². The van der Waals surface area contributed by atoms with Gasteiger partial charge in [-0.25, -0.2) is 0 Å². The number of nitrogens with zero attached hydrogens (tertiary/aromatic N) is 1. The summed E-state index contributed by atoms with van der Waals surface area (Å²) in [6.07, 6.45) is 9.35. The van der Waals surface area contributed by atoms with E-state index in [2.05, 4.69) is 25.8 Å². The lowest BCUT2D eigenvalue weighted by atomic mass is 9.88. The van der Waals surface area contributed by atoms with E-state index in [1.807, 2.05) is 0 Å². The summed E-state index contributed by atoms with van der Waals surface area (Å²) in [4.78, 5) is 2.46. The van der Waals surface area contributed by atoms with Gasteiger partial charge in [0.1, 0.15) is 0 Å².